The smallest absolute Gasteiger partial charge is 0.318 e. The first-order valence-electron chi connectivity index (χ1n) is 7.97. The summed E-state index contributed by atoms with van der Waals surface area (Å²) in [4.78, 5) is 11.8. The van der Waals surface area contributed by atoms with E-state index >= 15 is 0 Å². The molecule has 0 radical (unpaired) electrons. The normalized spacial score (nSPS) is 11.9. The number of methoxy groups -OCH3 is 1. The first kappa shape index (κ1) is 17.2. The standard InChI is InChI=1S/C19H19N3O2S/c1-14(18(23)24-2)25-19-21-20-17(13-15-9-5-3-6-10-15)22(19)16-11-7-4-8-12-16/h3-12,14H,13H2,1-2H3/t14-/m1/s1. The third-order valence-electron chi connectivity index (χ3n) is 3.74. The van der Waals surface area contributed by atoms with Crippen molar-refractivity contribution in [3.63, 3.8) is 0 Å². The molecule has 0 bridgehead atoms. The number of hydrogen-bond donors (Lipinski definition) is 0. The highest BCUT2D eigenvalue weighted by molar-refractivity contribution is 8.00. The predicted molar refractivity (Wildman–Crippen MR) is 97.9 cm³/mol. The summed E-state index contributed by atoms with van der Waals surface area (Å²) < 4.78 is 6.81. The third-order valence-corrected chi connectivity index (χ3v) is 4.76. The number of carbonyl (C=O) groups excluding carboxylic acids is 1. The Morgan fingerprint density at radius 2 is 1.72 bits per heavy atom. The van der Waals surface area contributed by atoms with Crippen LogP contribution in [0.4, 0.5) is 0 Å². The average molecular weight is 353 g/mol. The van der Waals surface area contributed by atoms with E-state index in [4.69, 9.17) is 4.74 Å². The highest BCUT2D eigenvalue weighted by Crippen LogP contribution is 2.27. The first-order chi connectivity index (χ1) is 12.2. The van der Waals surface area contributed by atoms with Crippen LogP contribution in [0.5, 0.6) is 0 Å². The van der Waals surface area contributed by atoms with Crippen LogP contribution in [-0.2, 0) is 16.0 Å². The van der Waals surface area contributed by atoms with Gasteiger partial charge in [-0.25, -0.2) is 0 Å². The molecule has 0 spiro atoms. The first-order valence-corrected chi connectivity index (χ1v) is 8.85. The Bertz CT molecular complexity index is 834. The van der Waals surface area contributed by atoms with Gasteiger partial charge in [-0.2, -0.15) is 0 Å². The quantitative estimate of drug-likeness (QED) is 0.501. The van der Waals surface area contributed by atoms with E-state index in [-0.39, 0.29) is 11.2 Å². The van der Waals surface area contributed by atoms with Crippen LogP contribution in [0.25, 0.3) is 5.69 Å². The molecule has 1 aromatic heterocycles. The lowest BCUT2D eigenvalue weighted by Crippen LogP contribution is -2.15. The summed E-state index contributed by atoms with van der Waals surface area (Å²) in [6, 6.07) is 20.1. The van der Waals surface area contributed by atoms with Gasteiger partial charge in [0.25, 0.3) is 0 Å². The molecule has 6 heteroatoms. The zero-order valence-corrected chi connectivity index (χ0v) is 14.9. The van der Waals surface area contributed by atoms with Gasteiger partial charge in [0.15, 0.2) is 5.16 Å². The van der Waals surface area contributed by atoms with E-state index in [0.29, 0.717) is 11.6 Å². The molecule has 128 valence electrons. The Kier molecular flexibility index (Phi) is 5.50. The minimum atomic E-state index is -0.360. The molecule has 3 aromatic rings. The van der Waals surface area contributed by atoms with Gasteiger partial charge in [-0.05, 0) is 24.6 Å². The van der Waals surface area contributed by atoms with Crippen molar-refractivity contribution in [1.29, 1.82) is 0 Å². The Balaban J connectivity index is 1.97. The monoisotopic (exact) mass is 353 g/mol. The van der Waals surface area contributed by atoms with Crippen LogP contribution in [0.15, 0.2) is 65.8 Å². The number of thioether (sulfide) groups is 1. The summed E-state index contributed by atoms with van der Waals surface area (Å²) in [5.74, 6) is 0.550. The van der Waals surface area contributed by atoms with E-state index in [1.165, 1.54) is 18.9 Å². The average Bonchev–Trinajstić information content (AvgIpc) is 3.04. The highest BCUT2D eigenvalue weighted by atomic mass is 32.2. The second-order valence-electron chi connectivity index (χ2n) is 5.52. The van der Waals surface area contributed by atoms with E-state index in [1.54, 1.807) is 6.92 Å². The predicted octanol–water partition coefficient (Wildman–Crippen LogP) is 3.51. The lowest BCUT2D eigenvalue weighted by atomic mass is 10.1. The van der Waals surface area contributed by atoms with Crippen LogP contribution in [0, 0.1) is 0 Å². The summed E-state index contributed by atoms with van der Waals surface area (Å²) in [5.41, 5.74) is 2.13. The Hall–Kier alpha value is -2.60. The minimum absolute atomic E-state index is 0.280. The second kappa shape index (κ2) is 7.98. The Morgan fingerprint density at radius 1 is 1.08 bits per heavy atom. The zero-order chi connectivity index (χ0) is 17.6. The fourth-order valence-corrected chi connectivity index (χ4v) is 3.39. The lowest BCUT2D eigenvalue weighted by Gasteiger charge is -2.12. The summed E-state index contributed by atoms with van der Waals surface area (Å²) in [6.07, 6.45) is 0.663. The number of carbonyl (C=O) groups is 1. The molecule has 0 aliphatic rings. The third kappa shape index (κ3) is 4.09. The number of benzene rings is 2. The number of esters is 1. The van der Waals surface area contributed by atoms with Gasteiger partial charge in [-0.3, -0.25) is 9.36 Å². The number of ether oxygens (including phenoxy) is 1. The molecule has 0 fully saturated rings. The van der Waals surface area contributed by atoms with Gasteiger partial charge in [0.2, 0.25) is 0 Å². The van der Waals surface area contributed by atoms with Crippen LogP contribution < -0.4 is 0 Å². The maximum absolute atomic E-state index is 11.8. The van der Waals surface area contributed by atoms with Gasteiger partial charge in [-0.15, -0.1) is 10.2 Å². The number of hydrogen-bond acceptors (Lipinski definition) is 5. The Morgan fingerprint density at radius 3 is 2.36 bits per heavy atom. The molecular formula is C19H19N3O2S. The minimum Gasteiger partial charge on any atom is -0.468 e. The van der Waals surface area contributed by atoms with Gasteiger partial charge in [-0.1, -0.05) is 60.3 Å². The van der Waals surface area contributed by atoms with Gasteiger partial charge in [0, 0.05) is 12.1 Å². The van der Waals surface area contributed by atoms with Crippen molar-refractivity contribution in [3.05, 3.63) is 72.1 Å². The van der Waals surface area contributed by atoms with E-state index in [0.717, 1.165) is 17.1 Å². The van der Waals surface area contributed by atoms with Crippen LogP contribution in [0.2, 0.25) is 0 Å². The summed E-state index contributed by atoms with van der Waals surface area (Å²) >= 11 is 1.34. The van der Waals surface area contributed by atoms with Crippen molar-refractivity contribution >= 4 is 17.7 Å². The fourth-order valence-electron chi connectivity index (χ4n) is 2.48. The molecule has 0 amide bonds. The number of rotatable bonds is 6. The van der Waals surface area contributed by atoms with Gasteiger partial charge in [0.1, 0.15) is 11.1 Å². The number of aromatic nitrogens is 3. The summed E-state index contributed by atoms with van der Waals surface area (Å²) in [7, 11) is 1.39. The fraction of sp³-hybridized carbons (Fsp3) is 0.211. The maximum Gasteiger partial charge on any atom is 0.318 e. The van der Waals surface area contributed by atoms with Crippen LogP contribution in [0.3, 0.4) is 0 Å². The van der Waals surface area contributed by atoms with Crippen molar-refractivity contribution in [2.75, 3.05) is 7.11 Å². The number of nitrogens with zero attached hydrogens (tertiary/aromatic N) is 3. The molecule has 1 heterocycles. The molecule has 3 rings (SSSR count). The molecule has 0 saturated heterocycles. The van der Waals surface area contributed by atoms with Gasteiger partial charge >= 0.3 is 5.97 Å². The molecule has 2 aromatic carbocycles. The molecule has 0 unspecified atom stereocenters. The molecule has 1 atom stereocenters. The molecule has 0 saturated carbocycles. The molecule has 5 nitrogen and oxygen atoms in total. The largest absolute Gasteiger partial charge is 0.468 e. The van der Waals surface area contributed by atoms with Crippen molar-refractivity contribution in [2.45, 2.75) is 23.8 Å². The van der Waals surface area contributed by atoms with Crippen LogP contribution in [0.1, 0.15) is 18.3 Å². The lowest BCUT2D eigenvalue weighted by molar-refractivity contribution is -0.139. The SMILES string of the molecule is COC(=O)[C@@H](C)Sc1nnc(Cc2ccccc2)n1-c1ccccc1. The molecule has 0 aliphatic carbocycles. The van der Waals surface area contributed by atoms with Gasteiger partial charge in [0.05, 0.1) is 7.11 Å². The van der Waals surface area contributed by atoms with Crippen molar-refractivity contribution < 1.29 is 9.53 Å². The van der Waals surface area contributed by atoms with Crippen molar-refractivity contribution in [3.8, 4) is 5.69 Å². The number of para-hydroxylation sites is 1. The van der Waals surface area contributed by atoms with Crippen LogP contribution in [-0.4, -0.2) is 33.1 Å². The van der Waals surface area contributed by atoms with Gasteiger partial charge < -0.3 is 4.74 Å². The highest BCUT2D eigenvalue weighted by Gasteiger charge is 2.21. The topological polar surface area (TPSA) is 57.0 Å². The van der Waals surface area contributed by atoms with Crippen molar-refractivity contribution in [1.82, 2.24) is 14.8 Å². The molecule has 25 heavy (non-hydrogen) atoms. The Labute approximate surface area is 151 Å². The second-order valence-corrected chi connectivity index (χ2v) is 6.82. The zero-order valence-electron chi connectivity index (χ0n) is 14.1. The molecule has 0 aliphatic heterocycles. The van der Waals surface area contributed by atoms with E-state index in [1.807, 2.05) is 53.1 Å². The van der Waals surface area contributed by atoms with Crippen LogP contribution >= 0.6 is 11.8 Å². The maximum atomic E-state index is 11.8. The molecular weight excluding hydrogens is 334 g/mol. The molecule has 0 N–H and O–H groups in total. The summed E-state index contributed by atoms with van der Waals surface area (Å²) in [5, 5.41) is 9.00. The summed E-state index contributed by atoms with van der Waals surface area (Å²) in [6.45, 7) is 1.80. The van der Waals surface area contributed by atoms with E-state index in [2.05, 4.69) is 22.3 Å². The van der Waals surface area contributed by atoms with Crippen molar-refractivity contribution in [2.24, 2.45) is 0 Å². The van der Waals surface area contributed by atoms with E-state index < -0.39 is 0 Å². The van der Waals surface area contributed by atoms with E-state index in [9.17, 15) is 4.79 Å².